The van der Waals surface area contributed by atoms with E-state index in [9.17, 15) is 9.59 Å². The van der Waals surface area contributed by atoms with Crippen molar-refractivity contribution in [1.29, 1.82) is 0 Å². The largest absolute Gasteiger partial charge is 0.459 e. The van der Waals surface area contributed by atoms with Crippen LogP contribution in [0, 0.1) is 6.92 Å². The Kier molecular flexibility index (Phi) is 13.9. The number of nitrogens with zero attached hydrogens (tertiary/aromatic N) is 3. The summed E-state index contributed by atoms with van der Waals surface area (Å²) >= 11 is 0. The quantitative estimate of drug-likeness (QED) is 0.408. The predicted molar refractivity (Wildman–Crippen MR) is 160 cm³/mol. The smallest absolute Gasteiger partial charge is 0.288 e. The van der Waals surface area contributed by atoms with E-state index in [1.54, 1.807) is 15.7 Å². The normalized spacial score (nSPS) is 21.2. The molecule has 44 heavy (non-hydrogen) atoms. The van der Waals surface area contributed by atoms with E-state index >= 15 is 0 Å². The Hall–Kier alpha value is -3.04. The van der Waals surface area contributed by atoms with E-state index in [2.05, 4.69) is 0 Å². The molecule has 2 aromatic rings. The van der Waals surface area contributed by atoms with E-state index in [-0.39, 0.29) is 43.7 Å². The zero-order valence-electron chi connectivity index (χ0n) is 25.7. The van der Waals surface area contributed by atoms with Gasteiger partial charge in [0.25, 0.3) is 11.5 Å². The first-order valence-electron chi connectivity index (χ1n) is 15.1. The molecular formula is C31H45N3O10. The van der Waals surface area contributed by atoms with Gasteiger partial charge in [0.2, 0.25) is 6.29 Å². The van der Waals surface area contributed by atoms with E-state index in [1.807, 2.05) is 49.0 Å². The fourth-order valence-electron chi connectivity index (χ4n) is 5.12. The summed E-state index contributed by atoms with van der Waals surface area (Å²) in [5.74, 6) is -0.693. The van der Waals surface area contributed by atoms with E-state index in [0.29, 0.717) is 77.9 Å². The number of para-hydroxylation sites is 1. The number of allylic oxidation sites excluding steroid dienone is 1. The molecule has 2 aliphatic rings. The first kappa shape index (κ1) is 33.8. The van der Waals surface area contributed by atoms with Crippen molar-refractivity contribution in [3.05, 3.63) is 63.8 Å². The Morgan fingerprint density at radius 3 is 2.14 bits per heavy atom. The molecule has 0 saturated carbocycles. The molecule has 1 aromatic carbocycles. The maximum Gasteiger partial charge on any atom is 0.288 e. The van der Waals surface area contributed by atoms with Gasteiger partial charge in [-0.1, -0.05) is 18.2 Å². The zero-order valence-corrected chi connectivity index (χ0v) is 25.7. The van der Waals surface area contributed by atoms with Crippen molar-refractivity contribution in [3.63, 3.8) is 0 Å². The summed E-state index contributed by atoms with van der Waals surface area (Å²) in [6.07, 6.45) is 1.26. The molecule has 0 bridgehead atoms. The fraction of sp³-hybridized carbons (Fsp3) is 0.613. The molecule has 13 heteroatoms. The van der Waals surface area contributed by atoms with Crippen LogP contribution in [0.2, 0.25) is 0 Å². The molecule has 1 saturated heterocycles. The standard InChI is InChI=1S/C31H45N3O10/c1-24-29(31(37)34(32(24)2)26-6-4-3-5-7-26)25-22-27(44-28(23-25)43-21-20-40-13-10-35)30(36)33-8-11-38-14-16-41-18-19-42-17-15-39-12-9-33/h3-7,22,25,28,35H,8-21,23H2,1-2H3/t25-,28+/m0/s1. The lowest BCUT2D eigenvalue weighted by atomic mass is 9.93. The molecule has 2 aliphatic heterocycles. The number of hydrogen-bond donors (Lipinski definition) is 1. The van der Waals surface area contributed by atoms with Gasteiger partial charge in [0.05, 0.1) is 85.0 Å². The minimum absolute atomic E-state index is 0.0896. The van der Waals surface area contributed by atoms with Crippen molar-refractivity contribution in [3.8, 4) is 5.69 Å². The van der Waals surface area contributed by atoms with Gasteiger partial charge in [-0.3, -0.25) is 14.3 Å². The summed E-state index contributed by atoms with van der Waals surface area (Å²) in [6, 6.07) is 9.42. The van der Waals surface area contributed by atoms with E-state index in [0.717, 1.165) is 11.4 Å². The number of benzene rings is 1. The molecule has 4 rings (SSSR count). The van der Waals surface area contributed by atoms with Crippen LogP contribution in [0.3, 0.4) is 0 Å². The third-order valence-electron chi connectivity index (χ3n) is 7.42. The number of ether oxygens (including phenoxy) is 7. The van der Waals surface area contributed by atoms with Crippen LogP contribution in [0.25, 0.3) is 5.69 Å². The molecule has 0 unspecified atom stereocenters. The van der Waals surface area contributed by atoms with Crippen LogP contribution in [0.5, 0.6) is 0 Å². The molecule has 0 radical (unpaired) electrons. The van der Waals surface area contributed by atoms with Crippen molar-refractivity contribution in [2.24, 2.45) is 7.05 Å². The molecule has 3 heterocycles. The van der Waals surface area contributed by atoms with Crippen LogP contribution in [-0.2, 0) is 45.0 Å². The summed E-state index contributed by atoms with van der Waals surface area (Å²) in [6.45, 7) is 6.31. The second-order valence-corrected chi connectivity index (χ2v) is 10.3. The minimum Gasteiger partial charge on any atom is -0.459 e. The number of hydrogen-bond acceptors (Lipinski definition) is 10. The number of aliphatic hydroxyl groups is 1. The average Bonchev–Trinajstić information content (AvgIpc) is 3.25. The van der Waals surface area contributed by atoms with Gasteiger partial charge < -0.3 is 43.2 Å². The van der Waals surface area contributed by atoms with Gasteiger partial charge in [0.1, 0.15) is 0 Å². The van der Waals surface area contributed by atoms with E-state index in [1.165, 1.54) is 0 Å². The van der Waals surface area contributed by atoms with Crippen LogP contribution in [0.1, 0.15) is 23.6 Å². The van der Waals surface area contributed by atoms with Crippen molar-refractivity contribution in [2.75, 3.05) is 92.4 Å². The molecule has 0 spiro atoms. The van der Waals surface area contributed by atoms with Crippen LogP contribution in [-0.4, -0.2) is 124 Å². The van der Waals surface area contributed by atoms with Crippen molar-refractivity contribution in [2.45, 2.75) is 25.6 Å². The first-order valence-corrected chi connectivity index (χ1v) is 15.1. The highest BCUT2D eigenvalue weighted by molar-refractivity contribution is 5.91. The van der Waals surface area contributed by atoms with Gasteiger partial charge in [-0.15, -0.1) is 0 Å². The Balaban J connectivity index is 1.58. The third kappa shape index (κ3) is 9.48. The molecule has 1 fully saturated rings. The number of aromatic nitrogens is 2. The van der Waals surface area contributed by atoms with Gasteiger partial charge in [0, 0.05) is 43.7 Å². The molecule has 0 aliphatic carbocycles. The highest BCUT2D eigenvalue weighted by Gasteiger charge is 2.34. The van der Waals surface area contributed by atoms with Crippen LogP contribution in [0.15, 0.2) is 47.0 Å². The highest BCUT2D eigenvalue weighted by Crippen LogP contribution is 2.32. The number of amides is 1. The fourth-order valence-corrected chi connectivity index (χ4v) is 5.12. The summed E-state index contributed by atoms with van der Waals surface area (Å²) in [7, 11) is 1.84. The van der Waals surface area contributed by atoms with Crippen molar-refractivity contribution < 1.29 is 43.1 Å². The lowest BCUT2D eigenvalue weighted by molar-refractivity contribution is -0.157. The van der Waals surface area contributed by atoms with Crippen molar-refractivity contribution in [1.82, 2.24) is 14.3 Å². The molecule has 1 aromatic heterocycles. The number of carbonyl (C=O) groups excluding carboxylic acids is 1. The molecule has 244 valence electrons. The maximum absolute atomic E-state index is 13.9. The predicted octanol–water partition coefficient (Wildman–Crippen LogP) is 1.13. The summed E-state index contributed by atoms with van der Waals surface area (Å²) in [4.78, 5) is 29.4. The average molecular weight is 620 g/mol. The molecular weight excluding hydrogens is 574 g/mol. The maximum atomic E-state index is 13.9. The van der Waals surface area contributed by atoms with E-state index in [4.69, 9.17) is 38.3 Å². The lowest BCUT2D eigenvalue weighted by Crippen LogP contribution is -2.40. The van der Waals surface area contributed by atoms with E-state index < -0.39 is 12.2 Å². The minimum atomic E-state index is -0.795. The second kappa shape index (κ2) is 18.1. The van der Waals surface area contributed by atoms with Gasteiger partial charge in [-0.05, 0) is 25.1 Å². The van der Waals surface area contributed by atoms with Gasteiger partial charge in [-0.25, -0.2) is 4.68 Å². The topological polar surface area (TPSA) is 132 Å². The first-order chi connectivity index (χ1) is 21.5. The summed E-state index contributed by atoms with van der Waals surface area (Å²) < 4.78 is 43.2. The zero-order chi connectivity index (χ0) is 31.1. The van der Waals surface area contributed by atoms with Crippen LogP contribution < -0.4 is 5.56 Å². The van der Waals surface area contributed by atoms with Crippen molar-refractivity contribution >= 4 is 5.91 Å². The Labute approximate surface area is 257 Å². The highest BCUT2D eigenvalue weighted by atomic mass is 16.7. The Morgan fingerprint density at radius 2 is 1.52 bits per heavy atom. The number of carbonyl (C=O) groups is 1. The molecule has 13 nitrogen and oxygen atoms in total. The van der Waals surface area contributed by atoms with Gasteiger partial charge >= 0.3 is 0 Å². The molecule has 1 N–H and O–H groups in total. The number of rotatable bonds is 9. The van der Waals surface area contributed by atoms with Gasteiger partial charge in [0.15, 0.2) is 5.76 Å². The summed E-state index contributed by atoms with van der Waals surface area (Å²) in [5.41, 5.74) is 1.92. The van der Waals surface area contributed by atoms with Crippen LogP contribution >= 0.6 is 0 Å². The summed E-state index contributed by atoms with van der Waals surface area (Å²) in [5, 5.41) is 8.99. The van der Waals surface area contributed by atoms with Gasteiger partial charge in [-0.2, -0.15) is 0 Å². The third-order valence-corrected chi connectivity index (χ3v) is 7.42. The second-order valence-electron chi connectivity index (χ2n) is 10.3. The molecule has 1 amide bonds. The monoisotopic (exact) mass is 619 g/mol. The molecule has 2 atom stereocenters. The number of aliphatic hydroxyl groups excluding tert-OH is 1. The lowest BCUT2D eigenvalue weighted by Gasteiger charge is -2.31. The Bertz CT molecular complexity index is 1230. The Morgan fingerprint density at radius 1 is 0.909 bits per heavy atom. The van der Waals surface area contributed by atoms with Crippen LogP contribution in [0.4, 0.5) is 0 Å². The SMILES string of the molecule is Cc1c([C@H]2C=C(C(=O)N3CCOCCOCCOCCOCC3)O[C@@H](OCCOCCO)C2)c(=O)n(-c2ccccc2)n1C.